The molecule has 9 heteroatoms. The van der Waals surface area contributed by atoms with Crippen molar-refractivity contribution in [3.05, 3.63) is 78.6 Å². The quantitative estimate of drug-likeness (QED) is 0.418. The number of ether oxygens (including phenoxy) is 3. The molecular formula is C28H22N4O5. The fourth-order valence-electron chi connectivity index (χ4n) is 3.81. The van der Waals surface area contributed by atoms with Gasteiger partial charge in [0.1, 0.15) is 36.3 Å². The fourth-order valence-corrected chi connectivity index (χ4v) is 3.81. The molecule has 0 aliphatic carbocycles. The van der Waals surface area contributed by atoms with Crippen molar-refractivity contribution in [1.82, 2.24) is 9.97 Å². The summed E-state index contributed by atoms with van der Waals surface area (Å²) in [7, 11) is 1.52. The number of aromatic nitrogens is 2. The van der Waals surface area contributed by atoms with Crippen LogP contribution in [0.2, 0.25) is 0 Å². The number of rotatable bonds is 5. The molecule has 0 atom stereocenters. The number of methoxy groups -OCH3 is 1. The number of hydrogen-bond acceptors (Lipinski definition) is 7. The van der Waals surface area contributed by atoms with Crippen LogP contribution in [0.15, 0.2) is 73.1 Å². The summed E-state index contributed by atoms with van der Waals surface area (Å²) in [6.07, 6.45) is 3.25. The number of amides is 2. The molecular weight excluding hydrogens is 472 g/mol. The Kier molecular flexibility index (Phi) is 6.92. The van der Waals surface area contributed by atoms with Gasteiger partial charge in [-0.3, -0.25) is 19.5 Å². The van der Waals surface area contributed by atoms with Gasteiger partial charge in [-0.05, 0) is 54.5 Å². The predicted octanol–water partition coefficient (Wildman–Crippen LogP) is 4.05. The van der Waals surface area contributed by atoms with Gasteiger partial charge in [0.15, 0.2) is 0 Å². The summed E-state index contributed by atoms with van der Waals surface area (Å²) in [6, 6.07) is 17.4. The number of pyridine rings is 2. The second-order valence-corrected chi connectivity index (χ2v) is 7.98. The average Bonchev–Trinajstić information content (AvgIpc) is 2.93. The molecule has 9 nitrogen and oxygen atoms in total. The molecule has 0 saturated carbocycles. The molecule has 0 spiro atoms. The molecule has 0 saturated heterocycles. The van der Waals surface area contributed by atoms with Crippen molar-refractivity contribution in [2.24, 2.45) is 0 Å². The Hall–Kier alpha value is -4.94. The molecule has 0 fully saturated rings. The van der Waals surface area contributed by atoms with E-state index in [1.807, 2.05) is 6.07 Å². The number of benzene rings is 2. The average molecular weight is 495 g/mol. The molecule has 2 aromatic carbocycles. The second kappa shape index (κ2) is 10.8. The van der Waals surface area contributed by atoms with Crippen LogP contribution in [0.4, 0.5) is 11.5 Å². The molecule has 0 unspecified atom stereocenters. The highest BCUT2D eigenvalue weighted by Crippen LogP contribution is 2.39. The van der Waals surface area contributed by atoms with Gasteiger partial charge in [0.05, 0.1) is 17.7 Å². The minimum atomic E-state index is -0.341. The van der Waals surface area contributed by atoms with Gasteiger partial charge in [-0.15, -0.1) is 0 Å². The Morgan fingerprint density at radius 1 is 1.08 bits per heavy atom. The number of anilines is 2. The highest BCUT2D eigenvalue weighted by atomic mass is 16.5. The molecule has 0 radical (unpaired) electrons. The fraction of sp³-hybridized carbons (Fsp3) is 0.143. The Morgan fingerprint density at radius 3 is 2.73 bits per heavy atom. The molecule has 37 heavy (non-hydrogen) atoms. The van der Waals surface area contributed by atoms with Crippen LogP contribution in [0, 0.1) is 11.8 Å². The zero-order valence-electron chi connectivity index (χ0n) is 19.9. The summed E-state index contributed by atoms with van der Waals surface area (Å²) in [6.45, 7) is 0.899. The van der Waals surface area contributed by atoms with Crippen LogP contribution in [-0.2, 0) is 9.53 Å². The van der Waals surface area contributed by atoms with E-state index in [0.29, 0.717) is 58.4 Å². The summed E-state index contributed by atoms with van der Waals surface area (Å²) in [5.41, 5.74) is 1.71. The zero-order chi connectivity index (χ0) is 25.6. The first-order valence-electron chi connectivity index (χ1n) is 11.5. The van der Waals surface area contributed by atoms with Crippen LogP contribution in [0.5, 0.6) is 17.2 Å². The zero-order valence-corrected chi connectivity index (χ0v) is 19.9. The van der Waals surface area contributed by atoms with Crippen molar-refractivity contribution >= 4 is 34.2 Å². The minimum Gasteiger partial charge on any atom is -0.489 e. The molecule has 2 amide bonds. The standard InChI is InChI=1S/C28H22N4O5/c1-35-15-4-6-27(33)32-14-16-36-25-18-22-21(17-23(25)32)24(11-13-29-22)37-20-9-7-19(8-10-20)28(34)31-26-5-2-3-12-30-26/h2-3,5,7-13,17-18H,14-16H2,1H3,(H,30,31,34). The molecule has 4 aromatic rings. The van der Waals surface area contributed by atoms with Gasteiger partial charge >= 0.3 is 5.91 Å². The molecule has 1 N–H and O–H groups in total. The van der Waals surface area contributed by atoms with E-state index in [1.54, 1.807) is 71.9 Å². The van der Waals surface area contributed by atoms with Crippen molar-refractivity contribution in [2.45, 2.75) is 0 Å². The van der Waals surface area contributed by atoms with Crippen molar-refractivity contribution < 1.29 is 23.8 Å². The van der Waals surface area contributed by atoms with Gasteiger partial charge in [0, 0.05) is 36.5 Å². The molecule has 5 rings (SSSR count). The summed E-state index contributed by atoms with van der Waals surface area (Å²) in [4.78, 5) is 35.3. The third-order valence-corrected chi connectivity index (χ3v) is 5.55. The number of hydrogen-bond donors (Lipinski definition) is 1. The number of nitrogens with zero attached hydrogens (tertiary/aromatic N) is 3. The van der Waals surface area contributed by atoms with E-state index in [4.69, 9.17) is 14.2 Å². The topological polar surface area (TPSA) is 103 Å². The normalized spacial score (nSPS) is 12.1. The van der Waals surface area contributed by atoms with Crippen LogP contribution >= 0.6 is 0 Å². The first-order chi connectivity index (χ1) is 18.1. The highest BCUT2D eigenvalue weighted by Gasteiger charge is 2.24. The molecule has 3 heterocycles. The van der Waals surface area contributed by atoms with Crippen LogP contribution < -0.4 is 19.7 Å². The minimum absolute atomic E-state index is 0.173. The van der Waals surface area contributed by atoms with Gasteiger partial charge in [-0.1, -0.05) is 12.0 Å². The Labute approximate surface area is 213 Å². The van der Waals surface area contributed by atoms with E-state index in [1.165, 1.54) is 7.11 Å². The lowest BCUT2D eigenvalue weighted by Crippen LogP contribution is -2.37. The smallest absolute Gasteiger partial charge is 0.303 e. The molecule has 2 aromatic heterocycles. The van der Waals surface area contributed by atoms with Crippen molar-refractivity contribution in [1.29, 1.82) is 0 Å². The number of carbonyl (C=O) groups is 2. The lowest BCUT2D eigenvalue weighted by molar-refractivity contribution is -0.113. The first kappa shape index (κ1) is 23.8. The number of carbonyl (C=O) groups excluding carboxylic acids is 2. The summed E-state index contributed by atoms with van der Waals surface area (Å²) in [5, 5.41) is 3.45. The van der Waals surface area contributed by atoms with E-state index in [-0.39, 0.29) is 18.4 Å². The van der Waals surface area contributed by atoms with Crippen LogP contribution in [0.25, 0.3) is 10.9 Å². The predicted molar refractivity (Wildman–Crippen MR) is 138 cm³/mol. The van der Waals surface area contributed by atoms with Crippen LogP contribution in [-0.4, -0.2) is 48.7 Å². The van der Waals surface area contributed by atoms with Gasteiger partial charge in [-0.25, -0.2) is 4.98 Å². The molecule has 1 aliphatic rings. The van der Waals surface area contributed by atoms with Gasteiger partial charge < -0.3 is 19.5 Å². The van der Waals surface area contributed by atoms with Crippen molar-refractivity contribution in [3.63, 3.8) is 0 Å². The maximum Gasteiger partial charge on any atom is 0.303 e. The molecule has 184 valence electrons. The maximum atomic E-state index is 12.7. The Morgan fingerprint density at radius 2 is 1.95 bits per heavy atom. The Balaban J connectivity index is 1.39. The largest absolute Gasteiger partial charge is 0.489 e. The van der Waals surface area contributed by atoms with Gasteiger partial charge in [0.2, 0.25) is 0 Å². The Bertz CT molecular complexity index is 1510. The van der Waals surface area contributed by atoms with Crippen LogP contribution in [0.1, 0.15) is 10.4 Å². The SMILES string of the molecule is COCC#CC(=O)N1CCOc2cc3nccc(Oc4ccc(C(=O)Nc5ccccn5)cc4)c3cc21. The monoisotopic (exact) mass is 494 g/mol. The molecule has 0 bridgehead atoms. The second-order valence-electron chi connectivity index (χ2n) is 7.98. The van der Waals surface area contributed by atoms with E-state index in [9.17, 15) is 9.59 Å². The van der Waals surface area contributed by atoms with Crippen molar-refractivity contribution in [3.8, 4) is 29.1 Å². The maximum absolute atomic E-state index is 12.7. The van der Waals surface area contributed by atoms with E-state index < -0.39 is 0 Å². The van der Waals surface area contributed by atoms with Gasteiger partial charge in [0.25, 0.3) is 5.91 Å². The lowest BCUT2D eigenvalue weighted by atomic mass is 10.1. The molecule has 1 aliphatic heterocycles. The third kappa shape index (κ3) is 5.34. The highest BCUT2D eigenvalue weighted by molar-refractivity contribution is 6.08. The summed E-state index contributed by atoms with van der Waals surface area (Å²) < 4.78 is 16.8. The third-order valence-electron chi connectivity index (χ3n) is 5.55. The van der Waals surface area contributed by atoms with Crippen LogP contribution in [0.3, 0.4) is 0 Å². The lowest BCUT2D eigenvalue weighted by Gasteiger charge is -2.28. The van der Waals surface area contributed by atoms with E-state index >= 15 is 0 Å². The number of fused-ring (bicyclic) bond motifs is 2. The van der Waals surface area contributed by atoms with Crippen molar-refractivity contribution in [2.75, 3.05) is 37.1 Å². The summed E-state index contributed by atoms with van der Waals surface area (Å²) >= 11 is 0. The number of nitrogens with one attached hydrogen (secondary N) is 1. The first-order valence-corrected chi connectivity index (χ1v) is 11.5. The van der Waals surface area contributed by atoms with E-state index in [2.05, 4.69) is 27.1 Å². The van der Waals surface area contributed by atoms with Gasteiger partial charge in [-0.2, -0.15) is 0 Å². The van der Waals surface area contributed by atoms with E-state index in [0.717, 1.165) is 0 Å². The summed E-state index contributed by atoms with van der Waals surface area (Å²) in [5.74, 6) is 6.78.